The zero-order chi connectivity index (χ0) is 11.6. The first-order valence-electron chi connectivity index (χ1n) is 5.26. The number of halogens is 3. The summed E-state index contributed by atoms with van der Waals surface area (Å²) in [5.74, 6) is -3.66. The van der Waals surface area contributed by atoms with Gasteiger partial charge in [-0.05, 0) is 47.8 Å². The molecule has 1 nitrogen and oxygen atoms in total. The van der Waals surface area contributed by atoms with Crippen molar-refractivity contribution in [3.63, 3.8) is 0 Å². The van der Waals surface area contributed by atoms with E-state index in [1.165, 1.54) is 0 Å². The number of aliphatic hydroxyl groups is 1. The van der Waals surface area contributed by atoms with Crippen LogP contribution in [0.4, 0.5) is 13.2 Å². The quantitative estimate of drug-likeness (QED) is 0.771. The molecule has 0 unspecified atom stereocenters. The summed E-state index contributed by atoms with van der Waals surface area (Å²) < 4.78 is 38.9. The Morgan fingerprint density at radius 1 is 1.06 bits per heavy atom. The molecule has 3 aliphatic rings. The van der Waals surface area contributed by atoms with Crippen molar-refractivity contribution in [3.8, 4) is 0 Å². The minimum Gasteiger partial charge on any atom is -0.396 e. The van der Waals surface area contributed by atoms with Crippen LogP contribution in [0.3, 0.4) is 0 Å². The molecule has 86 valence electrons. The third-order valence-corrected chi connectivity index (χ3v) is 4.07. The number of rotatable bonds is 2. The molecule has 0 aromatic heterocycles. The van der Waals surface area contributed by atoms with Gasteiger partial charge in [0.15, 0.2) is 17.5 Å². The van der Waals surface area contributed by atoms with Crippen LogP contribution >= 0.6 is 0 Å². The third-order valence-electron chi connectivity index (χ3n) is 4.07. The predicted octanol–water partition coefficient (Wildman–Crippen LogP) is 2.52. The maximum atomic E-state index is 13.1. The molecule has 0 spiro atoms. The van der Waals surface area contributed by atoms with Crippen LogP contribution in [0, 0.1) is 22.9 Å². The van der Waals surface area contributed by atoms with Gasteiger partial charge in [-0.2, -0.15) is 0 Å². The average Bonchev–Trinajstić information content (AvgIpc) is 2.10. The van der Waals surface area contributed by atoms with Crippen molar-refractivity contribution in [1.82, 2.24) is 0 Å². The second-order valence-corrected chi connectivity index (χ2v) is 5.22. The van der Waals surface area contributed by atoms with Gasteiger partial charge >= 0.3 is 0 Å². The number of benzene rings is 1. The van der Waals surface area contributed by atoms with Crippen LogP contribution in [-0.2, 0) is 5.41 Å². The van der Waals surface area contributed by atoms with Gasteiger partial charge in [0.05, 0.1) is 0 Å². The van der Waals surface area contributed by atoms with Crippen LogP contribution < -0.4 is 0 Å². The van der Waals surface area contributed by atoms with Crippen LogP contribution in [0.25, 0.3) is 0 Å². The Balaban J connectivity index is 1.93. The van der Waals surface area contributed by atoms with Gasteiger partial charge in [-0.15, -0.1) is 0 Å². The number of hydrogen-bond acceptors (Lipinski definition) is 1. The maximum Gasteiger partial charge on any atom is 0.194 e. The smallest absolute Gasteiger partial charge is 0.194 e. The Labute approximate surface area is 90.9 Å². The van der Waals surface area contributed by atoms with Gasteiger partial charge in [0.2, 0.25) is 0 Å². The maximum absolute atomic E-state index is 13.1. The van der Waals surface area contributed by atoms with Gasteiger partial charge in [-0.25, -0.2) is 13.2 Å². The van der Waals surface area contributed by atoms with Crippen LogP contribution in [0.5, 0.6) is 0 Å². The summed E-state index contributed by atoms with van der Waals surface area (Å²) in [7, 11) is 0. The molecule has 0 saturated heterocycles. The Morgan fingerprint density at radius 3 is 2.00 bits per heavy atom. The molecule has 4 heteroatoms. The van der Waals surface area contributed by atoms with Crippen molar-refractivity contribution in [2.75, 3.05) is 6.61 Å². The Morgan fingerprint density at radius 2 is 1.56 bits per heavy atom. The second kappa shape index (κ2) is 2.80. The van der Waals surface area contributed by atoms with E-state index in [-0.39, 0.29) is 17.4 Å². The lowest BCUT2D eigenvalue weighted by atomic mass is 9.34. The van der Waals surface area contributed by atoms with E-state index in [4.69, 9.17) is 5.11 Å². The third kappa shape index (κ3) is 1.05. The molecule has 0 atom stereocenters. The van der Waals surface area contributed by atoms with E-state index < -0.39 is 17.5 Å². The Hall–Kier alpha value is -1.03. The average molecular weight is 228 g/mol. The van der Waals surface area contributed by atoms with Crippen molar-refractivity contribution in [3.05, 3.63) is 35.1 Å². The Bertz CT molecular complexity index is 427. The fraction of sp³-hybridized carbons (Fsp3) is 0.500. The molecular weight excluding hydrogens is 217 g/mol. The molecule has 1 aromatic carbocycles. The molecule has 3 aliphatic carbocycles. The topological polar surface area (TPSA) is 20.2 Å². The van der Waals surface area contributed by atoms with Gasteiger partial charge in [0, 0.05) is 6.61 Å². The van der Waals surface area contributed by atoms with Crippen LogP contribution in [0.2, 0.25) is 0 Å². The fourth-order valence-electron chi connectivity index (χ4n) is 3.33. The normalized spacial score (nSPS) is 35.5. The summed E-state index contributed by atoms with van der Waals surface area (Å²) in [6, 6.07) is 2.16. The van der Waals surface area contributed by atoms with Crippen LogP contribution in [0.1, 0.15) is 24.8 Å². The van der Waals surface area contributed by atoms with E-state index in [0.29, 0.717) is 5.56 Å². The van der Waals surface area contributed by atoms with Crippen molar-refractivity contribution >= 4 is 0 Å². The van der Waals surface area contributed by atoms with E-state index >= 15 is 0 Å². The molecule has 2 bridgehead atoms. The highest BCUT2D eigenvalue weighted by Gasteiger charge is 2.67. The molecular formula is C12H11F3O. The first-order valence-corrected chi connectivity index (χ1v) is 5.26. The summed E-state index contributed by atoms with van der Waals surface area (Å²) in [6.07, 6.45) is 2.25. The summed E-state index contributed by atoms with van der Waals surface area (Å²) in [5.41, 5.74) is 0.290. The van der Waals surface area contributed by atoms with Crippen molar-refractivity contribution in [2.45, 2.75) is 24.7 Å². The van der Waals surface area contributed by atoms with Crippen molar-refractivity contribution in [1.29, 1.82) is 0 Å². The zero-order valence-corrected chi connectivity index (χ0v) is 8.56. The van der Waals surface area contributed by atoms with Crippen molar-refractivity contribution in [2.24, 2.45) is 5.41 Å². The highest BCUT2D eigenvalue weighted by molar-refractivity contribution is 5.39. The summed E-state index contributed by atoms with van der Waals surface area (Å²) in [5, 5.41) is 9.09. The SMILES string of the molecule is OCC12CC(c3cc(F)c(F)c(F)c3)(C1)C2. The standard InChI is InChI=1S/C12H11F3O/c13-8-1-7(2-9(14)10(8)15)12-3-11(4-12,5-12)6-16/h1-2,16H,3-6H2. The van der Waals surface area contributed by atoms with Crippen LogP contribution in [0.15, 0.2) is 12.1 Å². The minimum atomic E-state index is -1.41. The molecule has 0 amide bonds. The van der Waals surface area contributed by atoms with Crippen molar-refractivity contribution < 1.29 is 18.3 Å². The first-order chi connectivity index (χ1) is 7.50. The van der Waals surface area contributed by atoms with E-state index in [9.17, 15) is 13.2 Å². The van der Waals surface area contributed by atoms with E-state index in [1.807, 2.05) is 0 Å². The molecule has 3 fully saturated rings. The van der Waals surface area contributed by atoms with E-state index in [1.54, 1.807) is 0 Å². The number of hydrogen-bond donors (Lipinski definition) is 1. The lowest BCUT2D eigenvalue weighted by molar-refractivity contribution is -0.168. The lowest BCUT2D eigenvalue weighted by Gasteiger charge is -2.70. The monoisotopic (exact) mass is 228 g/mol. The Kier molecular flexibility index (Phi) is 1.78. The molecule has 1 aromatic rings. The molecule has 4 rings (SSSR count). The van der Waals surface area contributed by atoms with Gasteiger partial charge in [-0.3, -0.25) is 0 Å². The highest BCUT2D eigenvalue weighted by atomic mass is 19.2. The second-order valence-electron chi connectivity index (χ2n) is 5.22. The molecule has 3 saturated carbocycles. The molecule has 0 radical (unpaired) electrons. The summed E-state index contributed by atoms with van der Waals surface area (Å²) >= 11 is 0. The summed E-state index contributed by atoms with van der Waals surface area (Å²) in [6.45, 7) is 0.126. The molecule has 0 aliphatic heterocycles. The molecule has 0 heterocycles. The first kappa shape index (κ1) is 10.1. The lowest BCUT2D eigenvalue weighted by Crippen LogP contribution is -2.66. The van der Waals surface area contributed by atoms with Gasteiger partial charge in [0.25, 0.3) is 0 Å². The summed E-state index contributed by atoms with van der Waals surface area (Å²) in [4.78, 5) is 0. The van der Waals surface area contributed by atoms with Gasteiger partial charge in [-0.1, -0.05) is 0 Å². The minimum absolute atomic E-state index is 0.0264. The van der Waals surface area contributed by atoms with Crippen LogP contribution in [-0.4, -0.2) is 11.7 Å². The predicted molar refractivity (Wildman–Crippen MR) is 51.4 cm³/mol. The number of aliphatic hydroxyl groups excluding tert-OH is 1. The molecule has 1 N–H and O–H groups in total. The van der Waals surface area contributed by atoms with Gasteiger partial charge in [0.1, 0.15) is 0 Å². The largest absolute Gasteiger partial charge is 0.396 e. The zero-order valence-electron chi connectivity index (χ0n) is 8.56. The highest BCUT2D eigenvalue weighted by Crippen LogP contribution is 2.73. The van der Waals surface area contributed by atoms with E-state index in [2.05, 4.69) is 0 Å². The van der Waals surface area contributed by atoms with E-state index in [0.717, 1.165) is 31.4 Å². The fourth-order valence-corrected chi connectivity index (χ4v) is 3.33. The molecule has 16 heavy (non-hydrogen) atoms. The van der Waals surface area contributed by atoms with Gasteiger partial charge < -0.3 is 5.11 Å².